The van der Waals surface area contributed by atoms with Crippen LogP contribution in [0.5, 0.6) is 5.88 Å². The fourth-order valence-corrected chi connectivity index (χ4v) is 6.62. The molecular weight excluding hydrogens is 623 g/mol. The number of hydrogen-bond donors (Lipinski definition) is 2. The molecule has 42 heavy (non-hydrogen) atoms. The second-order valence-electron chi connectivity index (χ2n) is 10.6. The summed E-state index contributed by atoms with van der Waals surface area (Å²) in [6.45, 7) is 5.68. The Morgan fingerprint density at radius 1 is 1.14 bits per heavy atom. The van der Waals surface area contributed by atoms with E-state index in [0.29, 0.717) is 27.5 Å². The maximum Gasteiger partial charge on any atom is 0.237 e. The van der Waals surface area contributed by atoms with Gasteiger partial charge in [0.2, 0.25) is 11.8 Å². The zero-order valence-corrected chi connectivity index (χ0v) is 26.2. The third-order valence-corrected chi connectivity index (χ3v) is 9.72. The lowest BCUT2D eigenvalue weighted by Gasteiger charge is -2.41. The summed E-state index contributed by atoms with van der Waals surface area (Å²) in [6, 6.07) is 1.90. The van der Waals surface area contributed by atoms with Gasteiger partial charge in [-0.1, -0.05) is 35.0 Å². The van der Waals surface area contributed by atoms with Gasteiger partial charge in [0.15, 0.2) is 5.82 Å². The standard InChI is InChI=1S/C27H32Cl2N8O3S.ClH/c1-16-23(30)27(15-40-16)5-8-37(9-6-27)20-12-33-21(13-32-20)41-19-4-7-31-24(22(19)29)35-26-34-11-18(28)25(36-26)39-14-17-3-2-10-38-17;/h4,7,11-13,16-17,23H,2-3,5-6,8-10,14-15,30H2,1H3,(H,31,34,35,36);1H/t16-,17+,23+;/m0./s1. The largest absolute Gasteiger partial charge is 0.474 e. The van der Waals surface area contributed by atoms with Crippen LogP contribution in [0.3, 0.4) is 0 Å². The van der Waals surface area contributed by atoms with Crippen molar-refractivity contribution < 1.29 is 14.2 Å². The SMILES string of the molecule is C[C@@H]1OCC2(CCN(c3cnc(Sc4ccnc(Nc5ncc(Cl)c(OC[C@H]6CCCO6)n5)c4Cl)cn3)CC2)[C@@H]1N.Cl. The highest BCUT2D eigenvalue weighted by atomic mass is 35.5. The first-order chi connectivity index (χ1) is 19.9. The van der Waals surface area contributed by atoms with Gasteiger partial charge in [-0.2, -0.15) is 4.98 Å². The van der Waals surface area contributed by atoms with Crippen LogP contribution in [0.2, 0.25) is 10.0 Å². The van der Waals surface area contributed by atoms with Crippen LogP contribution in [-0.2, 0) is 9.47 Å². The molecule has 0 aromatic carbocycles. The second-order valence-corrected chi connectivity index (χ2v) is 12.4. The van der Waals surface area contributed by atoms with Gasteiger partial charge in [0, 0.05) is 42.2 Å². The van der Waals surface area contributed by atoms with Gasteiger partial charge in [0.25, 0.3) is 0 Å². The van der Waals surface area contributed by atoms with E-state index in [0.717, 1.165) is 62.7 Å². The lowest BCUT2D eigenvalue weighted by Crippen LogP contribution is -2.50. The van der Waals surface area contributed by atoms with Crippen molar-refractivity contribution in [1.29, 1.82) is 0 Å². The number of nitrogens with one attached hydrogen (secondary N) is 1. The maximum atomic E-state index is 6.71. The zero-order valence-electron chi connectivity index (χ0n) is 23.0. The molecule has 3 aliphatic rings. The Labute approximate surface area is 265 Å². The highest BCUT2D eigenvalue weighted by Gasteiger charge is 2.47. The summed E-state index contributed by atoms with van der Waals surface area (Å²) >= 11 is 14.4. The third-order valence-electron chi connectivity index (χ3n) is 7.98. The van der Waals surface area contributed by atoms with E-state index >= 15 is 0 Å². The molecule has 6 rings (SSSR count). The van der Waals surface area contributed by atoms with Crippen LogP contribution < -0.4 is 20.7 Å². The first-order valence-electron chi connectivity index (χ1n) is 13.7. The molecule has 6 heterocycles. The molecule has 3 aliphatic heterocycles. The summed E-state index contributed by atoms with van der Waals surface area (Å²) in [5.41, 5.74) is 6.53. The van der Waals surface area contributed by atoms with Crippen molar-refractivity contribution in [3.8, 4) is 5.88 Å². The smallest absolute Gasteiger partial charge is 0.237 e. The lowest BCUT2D eigenvalue weighted by atomic mass is 9.73. The minimum Gasteiger partial charge on any atom is -0.474 e. The first kappa shape index (κ1) is 31.2. The summed E-state index contributed by atoms with van der Waals surface area (Å²) in [7, 11) is 0. The number of piperidine rings is 1. The Bertz CT molecular complexity index is 1360. The quantitative estimate of drug-likeness (QED) is 0.331. The van der Waals surface area contributed by atoms with Crippen molar-refractivity contribution in [2.45, 2.75) is 60.8 Å². The van der Waals surface area contributed by atoms with Gasteiger partial charge in [-0.15, -0.1) is 12.4 Å². The normalized spacial score (nSPS) is 23.1. The molecule has 1 spiro atoms. The molecule has 0 radical (unpaired) electrons. The number of nitrogens with zero attached hydrogens (tertiary/aromatic N) is 6. The molecule has 0 bridgehead atoms. The van der Waals surface area contributed by atoms with Gasteiger partial charge in [-0.3, -0.25) is 0 Å². The van der Waals surface area contributed by atoms with Crippen LogP contribution in [-0.4, -0.2) is 76.1 Å². The molecule has 15 heteroatoms. The molecule has 11 nitrogen and oxygen atoms in total. The molecule has 3 fully saturated rings. The molecule has 3 saturated heterocycles. The Morgan fingerprint density at radius 2 is 1.98 bits per heavy atom. The van der Waals surface area contributed by atoms with E-state index in [4.69, 9.17) is 43.1 Å². The van der Waals surface area contributed by atoms with Gasteiger partial charge in [-0.05, 0) is 38.7 Å². The molecule has 3 atom stereocenters. The van der Waals surface area contributed by atoms with Crippen molar-refractivity contribution in [2.24, 2.45) is 11.1 Å². The second kappa shape index (κ2) is 13.6. The van der Waals surface area contributed by atoms with Crippen LogP contribution in [0.15, 0.2) is 40.8 Å². The average Bonchev–Trinajstić information content (AvgIpc) is 3.61. The topological polar surface area (TPSA) is 133 Å². The number of ether oxygens (including phenoxy) is 3. The number of rotatable bonds is 8. The number of hydrogen-bond acceptors (Lipinski definition) is 12. The molecule has 0 amide bonds. The van der Waals surface area contributed by atoms with Crippen LogP contribution in [0, 0.1) is 5.41 Å². The molecule has 226 valence electrons. The van der Waals surface area contributed by atoms with E-state index in [-0.39, 0.29) is 47.9 Å². The fourth-order valence-electron chi connectivity index (χ4n) is 5.45. The molecule has 3 N–H and O–H groups in total. The summed E-state index contributed by atoms with van der Waals surface area (Å²) < 4.78 is 17.2. The van der Waals surface area contributed by atoms with E-state index in [2.05, 4.69) is 42.1 Å². The van der Waals surface area contributed by atoms with Crippen LogP contribution >= 0.6 is 47.4 Å². The van der Waals surface area contributed by atoms with E-state index in [9.17, 15) is 0 Å². The van der Waals surface area contributed by atoms with Crippen molar-refractivity contribution in [3.63, 3.8) is 0 Å². The van der Waals surface area contributed by atoms with Crippen LogP contribution in [0.4, 0.5) is 17.6 Å². The number of halogens is 3. The number of nitrogens with two attached hydrogens (primary N) is 1. The summed E-state index contributed by atoms with van der Waals surface area (Å²) in [5, 5.41) is 4.51. The minimum atomic E-state index is 0. The van der Waals surface area contributed by atoms with Crippen molar-refractivity contribution in [1.82, 2.24) is 24.9 Å². The molecule has 0 aliphatic carbocycles. The van der Waals surface area contributed by atoms with Crippen LogP contribution in [0.1, 0.15) is 32.6 Å². The Hall–Kier alpha value is -2.19. The average molecular weight is 656 g/mol. The number of anilines is 3. The predicted octanol–water partition coefficient (Wildman–Crippen LogP) is 5.18. The Kier molecular flexibility index (Phi) is 10.1. The van der Waals surface area contributed by atoms with E-state index in [1.165, 1.54) is 18.0 Å². The minimum absolute atomic E-state index is 0. The Morgan fingerprint density at radius 3 is 2.67 bits per heavy atom. The summed E-state index contributed by atoms with van der Waals surface area (Å²) in [6.07, 6.45) is 10.8. The lowest BCUT2D eigenvalue weighted by molar-refractivity contribution is 0.0664. The van der Waals surface area contributed by atoms with Gasteiger partial charge in [-0.25, -0.2) is 19.9 Å². The molecular formula is C27H33Cl3N8O3S. The first-order valence-corrected chi connectivity index (χ1v) is 15.3. The van der Waals surface area contributed by atoms with Gasteiger partial charge < -0.3 is 30.2 Å². The molecule has 3 aromatic heterocycles. The van der Waals surface area contributed by atoms with Gasteiger partial charge in [0.05, 0.1) is 42.4 Å². The maximum absolute atomic E-state index is 6.71. The predicted molar refractivity (Wildman–Crippen MR) is 165 cm³/mol. The Balaban J connectivity index is 0.00000353. The van der Waals surface area contributed by atoms with Crippen LogP contribution in [0.25, 0.3) is 0 Å². The molecule has 0 unspecified atom stereocenters. The highest BCUT2D eigenvalue weighted by molar-refractivity contribution is 7.99. The van der Waals surface area contributed by atoms with Crippen molar-refractivity contribution in [3.05, 3.63) is 40.9 Å². The van der Waals surface area contributed by atoms with Crippen molar-refractivity contribution >= 4 is 65.0 Å². The third kappa shape index (κ3) is 6.80. The van der Waals surface area contributed by atoms with E-state index in [1.807, 2.05) is 12.3 Å². The highest BCUT2D eigenvalue weighted by Crippen LogP contribution is 2.42. The van der Waals surface area contributed by atoms with E-state index < -0.39 is 0 Å². The monoisotopic (exact) mass is 654 g/mol. The van der Waals surface area contributed by atoms with E-state index in [1.54, 1.807) is 12.4 Å². The van der Waals surface area contributed by atoms with Crippen molar-refractivity contribution in [2.75, 3.05) is 43.1 Å². The summed E-state index contributed by atoms with van der Waals surface area (Å²) in [5.74, 6) is 1.79. The van der Waals surface area contributed by atoms with Gasteiger partial charge >= 0.3 is 0 Å². The number of aromatic nitrogens is 5. The van der Waals surface area contributed by atoms with Gasteiger partial charge in [0.1, 0.15) is 22.5 Å². The molecule has 0 saturated carbocycles. The number of pyridine rings is 1. The summed E-state index contributed by atoms with van der Waals surface area (Å²) in [4.78, 5) is 25.3. The zero-order chi connectivity index (χ0) is 28.4. The molecule has 3 aromatic rings. The fraction of sp³-hybridized carbons (Fsp3) is 0.519.